The number of aromatic nitrogens is 2. The Morgan fingerprint density at radius 1 is 1.12 bits per heavy atom. The molecule has 0 saturated heterocycles. The smallest absolute Gasteiger partial charge is 0.246 e. The van der Waals surface area contributed by atoms with Gasteiger partial charge < -0.3 is 24.6 Å². The zero-order valence-electron chi connectivity index (χ0n) is 19.5. The Hall–Kier alpha value is -2.66. The molecule has 9 heteroatoms. The molecule has 1 aromatic heterocycles. The molecule has 0 saturated carbocycles. The highest BCUT2D eigenvalue weighted by atomic mass is 127. The van der Waals surface area contributed by atoms with Gasteiger partial charge in [-0.1, -0.05) is 35.5 Å². The van der Waals surface area contributed by atoms with E-state index in [9.17, 15) is 0 Å². The van der Waals surface area contributed by atoms with E-state index in [0.717, 1.165) is 29.2 Å². The molecular weight excluding hydrogens is 533 g/mol. The summed E-state index contributed by atoms with van der Waals surface area (Å²) in [6, 6.07) is 15.9. The molecule has 8 nitrogen and oxygen atoms in total. The fourth-order valence-corrected chi connectivity index (χ4v) is 3.00. The normalized spacial score (nSPS) is 12.1. The first-order valence-corrected chi connectivity index (χ1v) is 10.9. The van der Waals surface area contributed by atoms with E-state index in [1.807, 2.05) is 70.2 Å². The van der Waals surface area contributed by atoms with Gasteiger partial charge in [0.2, 0.25) is 5.89 Å². The lowest BCUT2D eigenvalue weighted by Gasteiger charge is -2.13. The van der Waals surface area contributed by atoms with Gasteiger partial charge in [0.15, 0.2) is 11.8 Å². The number of hydrogen-bond donors (Lipinski definition) is 2. The number of aryl methyl sites for hydroxylation is 1. The van der Waals surface area contributed by atoms with Gasteiger partial charge in [-0.05, 0) is 51.5 Å². The zero-order chi connectivity index (χ0) is 22.8. The lowest BCUT2D eigenvalue weighted by molar-refractivity contribution is 0.0683. The van der Waals surface area contributed by atoms with Gasteiger partial charge in [-0.25, -0.2) is 4.99 Å². The van der Waals surface area contributed by atoms with Crippen LogP contribution in [0.2, 0.25) is 0 Å². The summed E-state index contributed by atoms with van der Waals surface area (Å²) in [5.41, 5.74) is 2.12. The van der Waals surface area contributed by atoms with Crippen molar-refractivity contribution >= 4 is 29.9 Å². The van der Waals surface area contributed by atoms with Crippen LogP contribution in [0.5, 0.6) is 11.5 Å². The molecule has 0 amide bonds. The van der Waals surface area contributed by atoms with Gasteiger partial charge in [-0.2, -0.15) is 4.98 Å². The summed E-state index contributed by atoms with van der Waals surface area (Å²) in [5.74, 6) is 3.24. The minimum absolute atomic E-state index is 0. The molecule has 3 rings (SSSR count). The summed E-state index contributed by atoms with van der Waals surface area (Å²) < 4.78 is 16.9. The number of guanidine groups is 1. The minimum atomic E-state index is -0.205. The van der Waals surface area contributed by atoms with Gasteiger partial charge in [0.25, 0.3) is 0 Å². The maximum atomic E-state index is 6.10. The first-order valence-electron chi connectivity index (χ1n) is 10.9. The highest BCUT2D eigenvalue weighted by Crippen LogP contribution is 2.27. The number of para-hydroxylation sites is 1. The van der Waals surface area contributed by atoms with Crippen LogP contribution in [0.4, 0.5) is 0 Å². The number of nitrogens with zero attached hydrogens (tertiary/aromatic N) is 3. The Balaban J connectivity index is 0.00000385. The predicted molar refractivity (Wildman–Crippen MR) is 139 cm³/mol. The first kappa shape index (κ1) is 26.6. The molecule has 3 aromatic rings. The van der Waals surface area contributed by atoms with E-state index in [1.165, 1.54) is 0 Å². The Kier molecular flexibility index (Phi) is 11.1. The lowest BCUT2D eigenvalue weighted by atomic mass is 10.1. The van der Waals surface area contributed by atoms with Crippen molar-refractivity contribution in [1.82, 2.24) is 20.8 Å². The van der Waals surface area contributed by atoms with Gasteiger partial charge in [-0.3, -0.25) is 0 Å². The van der Waals surface area contributed by atoms with Crippen LogP contribution in [0.3, 0.4) is 0 Å². The van der Waals surface area contributed by atoms with Gasteiger partial charge in [-0.15, -0.1) is 24.0 Å². The number of nitrogens with one attached hydrogen (secondary N) is 2. The Morgan fingerprint density at radius 2 is 1.91 bits per heavy atom. The molecule has 33 heavy (non-hydrogen) atoms. The molecule has 1 heterocycles. The fourth-order valence-electron chi connectivity index (χ4n) is 3.00. The highest BCUT2D eigenvalue weighted by Gasteiger charge is 2.14. The number of halogens is 1. The van der Waals surface area contributed by atoms with Crippen molar-refractivity contribution in [3.8, 4) is 11.5 Å². The van der Waals surface area contributed by atoms with Crippen molar-refractivity contribution in [2.45, 2.75) is 46.9 Å². The molecule has 0 spiro atoms. The SMILES string of the molecule is CCNC(=NCc1ccc(C)cc1Oc1ccccc1)NCc1nc(C(C)OCC)no1.I. The number of hydrogen-bond acceptors (Lipinski definition) is 6. The summed E-state index contributed by atoms with van der Waals surface area (Å²) in [5, 5.41) is 10.5. The van der Waals surface area contributed by atoms with Crippen molar-refractivity contribution < 1.29 is 14.0 Å². The fraction of sp³-hybridized carbons (Fsp3) is 0.375. The second-order valence-corrected chi connectivity index (χ2v) is 7.22. The molecule has 2 aromatic carbocycles. The van der Waals surface area contributed by atoms with Crippen molar-refractivity contribution in [3.05, 3.63) is 71.4 Å². The standard InChI is InChI=1S/C24H31N5O3.HI/c1-5-25-24(27-16-22-28-23(29-32-22)18(4)30-6-2)26-15-19-13-12-17(3)14-21(19)31-20-10-8-7-9-11-20;/h7-14,18H,5-6,15-16H2,1-4H3,(H2,25,26,27);1H. The van der Waals surface area contributed by atoms with Gasteiger partial charge in [0.1, 0.15) is 17.6 Å². The maximum Gasteiger partial charge on any atom is 0.246 e. The number of ether oxygens (including phenoxy) is 2. The van der Waals surface area contributed by atoms with Crippen molar-refractivity contribution in [2.75, 3.05) is 13.2 Å². The number of aliphatic imine (C=N–C) groups is 1. The van der Waals surface area contributed by atoms with Crippen molar-refractivity contribution in [1.29, 1.82) is 0 Å². The average Bonchev–Trinajstić information content (AvgIpc) is 3.27. The van der Waals surface area contributed by atoms with Crippen LogP contribution in [-0.2, 0) is 17.8 Å². The third kappa shape index (κ3) is 8.32. The van der Waals surface area contributed by atoms with Crippen LogP contribution in [0.1, 0.15) is 49.7 Å². The van der Waals surface area contributed by atoms with Gasteiger partial charge in [0.05, 0.1) is 13.1 Å². The molecule has 0 aliphatic rings. The topological polar surface area (TPSA) is 93.8 Å². The van der Waals surface area contributed by atoms with E-state index in [4.69, 9.17) is 19.0 Å². The Bertz CT molecular complexity index is 1010. The molecule has 0 aliphatic heterocycles. The Labute approximate surface area is 212 Å². The van der Waals surface area contributed by atoms with Crippen LogP contribution in [0, 0.1) is 6.92 Å². The molecule has 0 aliphatic carbocycles. The van der Waals surface area contributed by atoms with Crippen molar-refractivity contribution in [2.24, 2.45) is 4.99 Å². The van der Waals surface area contributed by atoms with Crippen LogP contribution in [0.25, 0.3) is 0 Å². The monoisotopic (exact) mass is 565 g/mol. The van der Waals surface area contributed by atoms with Gasteiger partial charge in [0, 0.05) is 18.7 Å². The summed E-state index contributed by atoms with van der Waals surface area (Å²) in [7, 11) is 0. The van der Waals surface area contributed by atoms with E-state index in [1.54, 1.807) is 0 Å². The van der Waals surface area contributed by atoms with E-state index in [-0.39, 0.29) is 30.1 Å². The molecule has 1 unspecified atom stereocenters. The first-order chi connectivity index (χ1) is 15.6. The summed E-state index contributed by atoms with van der Waals surface area (Å²) in [4.78, 5) is 9.08. The minimum Gasteiger partial charge on any atom is -0.457 e. The van der Waals surface area contributed by atoms with E-state index in [2.05, 4.69) is 26.8 Å². The summed E-state index contributed by atoms with van der Waals surface area (Å²) in [6.07, 6.45) is -0.205. The predicted octanol–water partition coefficient (Wildman–Crippen LogP) is 5.14. The number of rotatable bonds is 10. The molecule has 1 atom stereocenters. The van der Waals surface area contributed by atoms with Crippen LogP contribution >= 0.6 is 24.0 Å². The van der Waals surface area contributed by atoms with Crippen LogP contribution in [0.15, 0.2) is 58.0 Å². The van der Waals surface area contributed by atoms with E-state index in [0.29, 0.717) is 37.4 Å². The molecule has 0 fully saturated rings. The van der Waals surface area contributed by atoms with Crippen molar-refractivity contribution in [3.63, 3.8) is 0 Å². The number of benzene rings is 2. The lowest BCUT2D eigenvalue weighted by Crippen LogP contribution is -2.36. The average molecular weight is 565 g/mol. The van der Waals surface area contributed by atoms with Crippen LogP contribution in [-0.4, -0.2) is 29.3 Å². The highest BCUT2D eigenvalue weighted by molar-refractivity contribution is 14.0. The quantitative estimate of drug-likeness (QED) is 0.200. The molecule has 0 radical (unpaired) electrons. The summed E-state index contributed by atoms with van der Waals surface area (Å²) in [6.45, 7) is 10.0. The zero-order valence-corrected chi connectivity index (χ0v) is 21.8. The third-order valence-electron chi connectivity index (χ3n) is 4.62. The summed E-state index contributed by atoms with van der Waals surface area (Å²) >= 11 is 0. The second-order valence-electron chi connectivity index (χ2n) is 7.22. The molecule has 0 bridgehead atoms. The third-order valence-corrected chi connectivity index (χ3v) is 4.62. The van der Waals surface area contributed by atoms with E-state index < -0.39 is 0 Å². The Morgan fingerprint density at radius 3 is 2.64 bits per heavy atom. The molecule has 2 N–H and O–H groups in total. The second kappa shape index (κ2) is 13.8. The van der Waals surface area contributed by atoms with E-state index >= 15 is 0 Å². The molecule has 178 valence electrons. The van der Waals surface area contributed by atoms with Gasteiger partial charge >= 0.3 is 0 Å². The maximum absolute atomic E-state index is 6.10. The largest absolute Gasteiger partial charge is 0.457 e. The molecular formula is C24H32IN5O3. The van der Waals surface area contributed by atoms with Crippen LogP contribution < -0.4 is 15.4 Å².